The molecule has 130 valence electrons. The maximum absolute atomic E-state index is 12.7. The van der Waals surface area contributed by atoms with Gasteiger partial charge >= 0.3 is 0 Å². The first-order valence-electron chi connectivity index (χ1n) is 8.95. The maximum atomic E-state index is 12.7. The Morgan fingerprint density at radius 3 is 2.24 bits per heavy atom. The van der Waals surface area contributed by atoms with Crippen LogP contribution in [-0.2, 0) is 6.54 Å². The molecule has 1 fully saturated rings. The number of nitrogens with zero attached hydrogens (tertiary/aromatic N) is 1. The fourth-order valence-electron chi connectivity index (χ4n) is 3.13. The van der Waals surface area contributed by atoms with E-state index >= 15 is 0 Å². The highest BCUT2D eigenvalue weighted by Crippen LogP contribution is 2.14. The monoisotopic (exact) mass is 336 g/mol. The zero-order valence-electron chi connectivity index (χ0n) is 14.4. The van der Waals surface area contributed by atoms with Crippen molar-refractivity contribution in [3.63, 3.8) is 0 Å². The van der Waals surface area contributed by atoms with Gasteiger partial charge in [-0.05, 0) is 36.6 Å². The van der Waals surface area contributed by atoms with Crippen LogP contribution in [0.25, 0.3) is 0 Å². The van der Waals surface area contributed by atoms with E-state index in [4.69, 9.17) is 0 Å². The highest BCUT2D eigenvalue weighted by atomic mass is 16.2. The molecule has 2 aromatic carbocycles. The van der Waals surface area contributed by atoms with Gasteiger partial charge in [0.05, 0.1) is 0 Å². The lowest BCUT2D eigenvalue weighted by Gasteiger charge is -2.20. The number of hydrogen-bond acceptors (Lipinski definition) is 2. The fourth-order valence-corrected chi connectivity index (χ4v) is 3.13. The number of rotatable bonds is 4. The summed E-state index contributed by atoms with van der Waals surface area (Å²) < 4.78 is 0. The standard InChI is InChI=1S/C21H24N2O2/c24-20(22-16-17-9-4-3-5-10-17)18-11-8-12-19(15-18)21(25)23-13-6-1-2-7-14-23/h3-5,8-12,15H,1-2,6-7,13-14,16H2,(H,22,24). The molecule has 4 nitrogen and oxygen atoms in total. The van der Waals surface area contributed by atoms with E-state index in [1.165, 1.54) is 12.8 Å². The molecule has 1 aliphatic rings. The Morgan fingerprint density at radius 1 is 0.840 bits per heavy atom. The van der Waals surface area contributed by atoms with Crippen LogP contribution in [0.3, 0.4) is 0 Å². The first kappa shape index (κ1) is 17.2. The zero-order chi connectivity index (χ0) is 17.5. The van der Waals surface area contributed by atoms with Crippen LogP contribution >= 0.6 is 0 Å². The third kappa shape index (κ3) is 4.69. The second kappa shape index (κ2) is 8.47. The third-order valence-corrected chi connectivity index (χ3v) is 4.56. The van der Waals surface area contributed by atoms with Crippen LogP contribution < -0.4 is 5.32 Å². The normalized spacial score (nSPS) is 14.6. The Morgan fingerprint density at radius 2 is 1.52 bits per heavy atom. The lowest BCUT2D eigenvalue weighted by molar-refractivity contribution is 0.0761. The van der Waals surface area contributed by atoms with Crippen molar-refractivity contribution < 1.29 is 9.59 Å². The summed E-state index contributed by atoms with van der Waals surface area (Å²) in [6, 6.07) is 16.8. The van der Waals surface area contributed by atoms with Crippen LogP contribution in [0.2, 0.25) is 0 Å². The molecule has 0 bridgehead atoms. The Labute approximate surface area is 148 Å². The molecule has 0 unspecified atom stereocenters. The number of amides is 2. The molecule has 0 atom stereocenters. The largest absolute Gasteiger partial charge is 0.348 e. The first-order valence-corrected chi connectivity index (χ1v) is 8.95. The van der Waals surface area contributed by atoms with Crippen molar-refractivity contribution in [1.29, 1.82) is 0 Å². The second-order valence-electron chi connectivity index (χ2n) is 6.46. The summed E-state index contributed by atoms with van der Waals surface area (Å²) in [6.45, 7) is 2.09. The summed E-state index contributed by atoms with van der Waals surface area (Å²) in [5.74, 6) is -0.131. The second-order valence-corrected chi connectivity index (χ2v) is 6.46. The van der Waals surface area contributed by atoms with E-state index in [0.29, 0.717) is 17.7 Å². The van der Waals surface area contributed by atoms with Gasteiger partial charge in [0.1, 0.15) is 0 Å². The van der Waals surface area contributed by atoms with E-state index in [0.717, 1.165) is 31.5 Å². The van der Waals surface area contributed by atoms with Gasteiger partial charge in [-0.1, -0.05) is 49.2 Å². The Bertz CT molecular complexity index is 720. The number of likely N-dealkylation sites (tertiary alicyclic amines) is 1. The summed E-state index contributed by atoms with van der Waals surface area (Å²) in [7, 11) is 0. The van der Waals surface area contributed by atoms with Gasteiger partial charge in [0, 0.05) is 30.8 Å². The Balaban J connectivity index is 1.65. The van der Waals surface area contributed by atoms with Crippen LogP contribution in [-0.4, -0.2) is 29.8 Å². The molecule has 2 amide bonds. The molecule has 0 aromatic heterocycles. The summed E-state index contributed by atoms with van der Waals surface area (Å²) in [5.41, 5.74) is 2.17. The lowest BCUT2D eigenvalue weighted by atomic mass is 10.1. The predicted molar refractivity (Wildman–Crippen MR) is 98.4 cm³/mol. The average molecular weight is 336 g/mol. The van der Waals surface area contributed by atoms with Crippen LogP contribution in [0.5, 0.6) is 0 Å². The minimum atomic E-state index is -0.158. The van der Waals surface area contributed by atoms with E-state index in [1.54, 1.807) is 24.3 Å². The topological polar surface area (TPSA) is 49.4 Å². The summed E-state index contributed by atoms with van der Waals surface area (Å²) >= 11 is 0. The van der Waals surface area contributed by atoms with Gasteiger partial charge in [0.25, 0.3) is 11.8 Å². The minimum Gasteiger partial charge on any atom is -0.348 e. The Kier molecular flexibility index (Phi) is 5.83. The van der Waals surface area contributed by atoms with E-state index < -0.39 is 0 Å². The van der Waals surface area contributed by atoms with Gasteiger partial charge in [-0.3, -0.25) is 9.59 Å². The van der Waals surface area contributed by atoms with E-state index in [1.807, 2.05) is 35.2 Å². The molecule has 25 heavy (non-hydrogen) atoms. The van der Waals surface area contributed by atoms with E-state index in [-0.39, 0.29) is 11.8 Å². The molecule has 1 aliphatic heterocycles. The van der Waals surface area contributed by atoms with Gasteiger partial charge in [0.2, 0.25) is 0 Å². The number of nitrogens with one attached hydrogen (secondary N) is 1. The smallest absolute Gasteiger partial charge is 0.253 e. The third-order valence-electron chi connectivity index (χ3n) is 4.56. The van der Waals surface area contributed by atoms with Gasteiger partial charge in [0.15, 0.2) is 0 Å². The Hall–Kier alpha value is -2.62. The van der Waals surface area contributed by atoms with Crippen LogP contribution in [0.4, 0.5) is 0 Å². The maximum Gasteiger partial charge on any atom is 0.253 e. The summed E-state index contributed by atoms with van der Waals surface area (Å²) in [5, 5.41) is 2.91. The molecule has 1 N–H and O–H groups in total. The van der Waals surface area contributed by atoms with Crippen molar-refractivity contribution in [3.05, 3.63) is 71.3 Å². The van der Waals surface area contributed by atoms with Crippen molar-refractivity contribution in [2.75, 3.05) is 13.1 Å². The number of carbonyl (C=O) groups is 2. The predicted octanol–water partition coefficient (Wildman–Crippen LogP) is 3.63. The van der Waals surface area contributed by atoms with Crippen LogP contribution in [0.1, 0.15) is 52.0 Å². The quantitative estimate of drug-likeness (QED) is 0.927. The molecule has 0 spiro atoms. The zero-order valence-corrected chi connectivity index (χ0v) is 14.4. The SMILES string of the molecule is O=C(NCc1ccccc1)c1cccc(C(=O)N2CCCCCC2)c1. The van der Waals surface area contributed by atoms with Crippen molar-refractivity contribution in [1.82, 2.24) is 10.2 Å². The molecule has 3 rings (SSSR count). The van der Waals surface area contributed by atoms with Crippen LogP contribution in [0, 0.1) is 0 Å². The minimum absolute atomic E-state index is 0.0274. The number of benzene rings is 2. The molecular formula is C21H24N2O2. The molecule has 2 aromatic rings. The van der Waals surface area contributed by atoms with Gasteiger partial charge in [-0.15, -0.1) is 0 Å². The first-order chi connectivity index (χ1) is 12.2. The summed E-state index contributed by atoms with van der Waals surface area (Å²) in [6.07, 6.45) is 4.49. The number of hydrogen-bond donors (Lipinski definition) is 1. The van der Waals surface area contributed by atoms with E-state index in [2.05, 4.69) is 5.32 Å². The van der Waals surface area contributed by atoms with Gasteiger partial charge < -0.3 is 10.2 Å². The van der Waals surface area contributed by atoms with Crippen molar-refractivity contribution in [2.45, 2.75) is 32.2 Å². The van der Waals surface area contributed by atoms with Crippen LogP contribution in [0.15, 0.2) is 54.6 Å². The van der Waals surface area contributed by atoms with Gasteiger partial charge in [-0.25, -0.2) is 0 Å². The van der Waals surface area contributed by atoms with Crippen molar-refractivity contribution >= 4 is 11.8 Å². The lowest BCUT2D eigenvalue weighted by Crippen LogP contribution is -2.32. The molecule has 0 radical (unpaired) electrons. The molecule has 4 heteroatoms. The van der Waals surface area contributed by atoms with Crippen molar-refractivity contribution in [2.24, 2.45) is 0 Å². The molecular weight excluding hydrogens is 312 g/mol. The molecule has 1 saturated heterocycles. The fraction of sp³-hybridized carbons (Fsp3) is 0.333. The average Bonchev–Trinajstić information content (AvgIpc) is 2.96. The number of carbonyl (C=O) groups excluding carboxylic acids is 2. The molecule has 0 saturated carbocycles. The highest BCUT2D eigenvalue weighted by molar-refractivity contribution is 5.99. The van der Waals surface area contributed by atoms with Crippen molar-refractivity contribution in [3.8, 4) is 0 Å². The molecule has 1 heterocycles. The summed E-state index contributed by atoms with van der Waals surface area (Å²) in [4.78, 5) is 27.0. The van der Waals surface area contributed by atoms with Gasteiger partial charge in [-0.2, -0.15) is 0 Å². The molecule has 0 aliphatic carbocycles. The highest BCUT2D eigenvalue weighted by Gasteiger charge is 2.18. The van der Waals surface area contributed by atoms with E-state index in [9.17, 15) is 9.59 Å².